The summed E-state index contributed by atoms with van der Waals surface area (Å²) in [5, 5.41) is 6.27. The lowest BCUT2D eigenvalue weighted by molar-refractivity contribution is -0.116. The maximum absolute atomic E-state index is 12.7. The Kier molecular flexibility index (Phi) is 5.42. The second kappa shape index (κ2) is 8.31. The second-order valence-corrected chi connectivity index (χ2v) is 7.22. The van der Waals surface area contributed by atoms with Gasteiger partial charge >= 0.3 is 0 Å². The Balaban J connectivity index is 1.75. The molecule has 6 nitrogen and oxygen atoms in total. The number of pyridine rings is 1. The number of anilines is 3. The van der Waals surface area contributed by atoms with Crippen LogP contribution >= 0.6 is 0 Å². The zero-order valence-electron chi connectivity index (χ0n) is 16.4. The molecule has 2 aromatic heterocycles. The van der Waals surface area contributed by atoms with E-state index in [9.17, 15) is 9.59 Å². The molecule has 6 heteroatoms. The summed E-state index contributed by atoms with van der Waals surface area (Å²) in [4.78, 5) is 32.4. The molecule has 0 aliphatic heterocycles. The number of para-hydroxylation sites is 1. The third kappa shape index (κ3) is 4.06. The number of amides is 1. The van der Waals surface area contributed by atoms with Gasteiger partial charge in [-0.1, -0.05) is 25.1 Å². The van der Waals surface area contributed by atoms with Crippen LogP contribution in [0, 0.1) is 0 Å². The SMILES string of the molecule is CCCC(=O)Nc1cc(-c2[nH]c3c(c2Nc2ccccc2)C(=O)CCC3)ccn1. The molecule has 0 fully saturated rings. The van der Waals surface area contributed by atoms with Gasteiger partial charge in [0.2, 0.25) is 5.91 Å². The van der Waals surface area contributed by atoms with Crippen molar-refractivity contribution in [1.29, 1.82) is 0 Å². The van der Waals surface area contributed by atoms with E-state index in [4.69, 9.17) is 0 Å². The number of aromatic nitrogens is 2. The van der Waals surface area contributed by atoms with Gasteiger partial charge < -0.3 is 15.6 Å². The molecule has 2 heterocycles. The Bertz CT molecular complexity index is 1040. The van der Waals surface area contributed by atoms with E-state index < -0.39 is 0 Å². The molecule has 148 valence electrons. The number of Topliss-reactive ketones (excluding diaryl/α,β-unsaturated/α-hetero) is 1. The largest absolute Gasteiger partial charge is 0.356 e. The van der Waals surface area contributed by atoms with Crippen molar-refractivity contribution in [1.82, 2.24) is 9.97 Å². The number of ketones is 1. The van der Waals surface area contributed by atoms with E-state index in [1.54, 1.807) is 6.20 Å². The van der Waals surface area contributed by atoms with Crippen LogP contribution in [0.4, 0.5) is 17.2 Å². The van der Waals surface area contributed by atoms with Gasteiger partial charge in [-0.3, -0.25) is 9.59 Å². The van der Waals surface area contributed by atoms with Crippen LogP contribution in [0.15, 0.2) is 48.7 Å². The van der Waals surface area contributed by atoms with Gasteiger partial charge in [-0.15, -0.1) is 0 Å². The summed E-state index contributed by atoms with van der Waals surface area (Å²) in [7, 11) is 0. The van der Waals surface area contributed by atoms with Gasteiger partial charge in [0.25, 0.3) is 0 Å². The topological polar surface area (TPSA) is 86.9 Å². The molecule has 0 saturated carbocycles. The van der Waals surface area contributed by atoms with Crippen LogP contribution in [0.5, 0.6) is 0 Å². The lowest BCUT2D eigenvalue weighted by Gasteiger charge is -2.14. The van der Waals surface area contributed by atoms with Crippen LogP contribution in [0.1, 0.15) is 48.7 Å². The highest BCUT2D eigenvalue weighted by molar-refractivity contribution is 6.07. The standard InChI is InChI=1S/C23H24N4O2/c1-2-7-20(29)27-19-14-15(12-13-24-19)22-23(25-16-8-4-3-5-9-16)21-17(26-22)10-6-11-18(21)28/h3-5,8-9,12-14,25-26H,2,6-7,10-11H2,1H3,(H,24,27,29). The first-order valence-electron chi connectivity index (χ1n) is 10.0. The first kappa shape index (κ1) is 18.9. The molecule has 29 heavy (non-hydrogen) atoms. The van der Waals surface area contributed by atoms with Crippen molar-refractivity contribution >= 4 is 28.9 Å². The number of H-pyrrole nitrogens is 1. The first-order valence-corrected chi connectivity index (χ1v) is 10.0. The molecule has 1 amide bonds. The van der Waals surface area contributed by atoms with Gasteiger partial charge in [0, 0.05) is 36.0 Å². The number of fused-ring (bicyclic) bond motifs is 1. The first-order chi connectivity index (χ1) is 14.2. The average Bonchev–Trinajstić information content (AvgIpc) is 3.09. The highest BCUT2D eigenvalue weighted by atomic mass is 16.1. The molecule has 0 unspecified atom stereocenters. The number of benzene rings is 1. The Hall–Kier alpha value is -3.41. The molecule has 1 aliphatic rings. The normalized spacial score (nSPS) is 13.1. The number of nitrogens with zero attached hydrogens (tertiary/aromatic N) is 1. The van der Waals surface area contributed by atoms with Crippen LogP contribution in [-0.2, 0) is 11.2 Å². The summed E-state index contributed by atoms with van der Waals surface area (Å²) < 4.78 is 0. The summed E-state index contributed by atoms with van der Waals surface area (Å²) in [6.07, 6.45) is 5.16. The highest BCUT2D eigenvalue weighted by Gasteiger charge is 2.27. The Labute approximate surface area is 169 Å². The minimum atomic E-state index is -0.0549. The number of carbonyl (C=O) groups excluding carboxylic acids is 2. The predicted octanol–water partition coefficient (Wildman–Crippen LogP) is 5.08. The summed E-state index contributed by atoms with van der Waals surface area (Å²) >= 11 is 0. The van der Waals surface area contributed by atoms with E-state index in [1.807, 2.05) is 49.4 Å². The Morgan fingerprint density at radius 1 is 1.17 bits per heavy atom. The summed E-state index contributed by atoms with van der Waals surface area (Å²) in [5.41, 5.74) is 5.11. The Morgan fingerprint density at radius 3 is 2.79 bits per heavy atom. The molecule has 0 radical (unpaired) electrons. The van der Waals surface area contributed by atoms with Crippen molar-refractivity contribution < 1.29 is 9.59 Å². The number of nitrogens with one attached hydrogen (secondary N) is 3. The van der Waals surface area contributed by atoms with E-state index in [0.29, 0.717) is 18.7 Å². The maximum atomic E-state index is 12.7. The lowest BCUT2D eigenvalue weighted by atomic mass is 9.95. The van der Waals surface area contributed by atoms with Crippen LogP contribution < -0.4 is 10.6 Å². The molecule has 3 N–H and O–H groups in total. The third-order valence-corrected chi connectivity index (χ3v) is 5.02. The minimum Gasteiger partial charge on any atom is -0.356 e. The zero-order chi connectivity index (χ0) is 20.2. The molecule has 0 atom stereocenters. The molecular weight excluding hydrogens is 364 g/mol. The average molecular weight is 388 g/mol. The highest BCUT2D eigenvalue weighted by Crippen LogP contribution is 2.39. The monoisotopic (exact) mass is 388 g/mol. The van der Waals surface area contributed by atoms with E-state index in [2.05, 4.69) is 20.6 Å². The van der Waals surface area contributed by atoms with Gasteiger partial charge in [-0.2, -0.15) is 0 Å². The molecule has 1 aromatic carbocycles. The smallest absolute Gasteiger partial charge is 0.225 e. The van der Waals surface area contributed by atoms with Crippen molar-refractivity contribution in [2.75, 3.05) is 10.6 Å². The van der Waals surface area contributed by atoms with E-state index in [0.717, 1.165) is 53.2 Å². The van der Waals surface area contributed by atoms with Crippen molar-refractivity contribution in [3.8, 4) is 11.3 Å². The number of carbonyl (C=O) groups is 2. The third-order valence-electron chi connectivity index (χ3n) is 5.02. The number of rotatable bonds is 6. The number of aromatic amines is 1. The molecule has 0 spiro atoms. The zero-order valence-corrected chi connectivity index (χ0v) is 16.4. The number of hydrogen-bond donors (Lipinski definition) is 3. The fraction of sp³-hybridized carbons (Fsp3) is 0.261. The number of aryl methyl sites for hydroxylation is 1. The summed E-state index contributed by atoms with van der Waals surface area (Å²) in [6, 6.07) is 13.5. The Morgan fingerprint density at radius 2 is 2.00 bits per heavy atom. The maximum Gasteiger partial charge on any atom is 0.225 e. The molecule has 4 rings (SSSR count). The minimum absolute atomic E-state index is 0.0549. The van der Waals surface area contributed by atoms with Crippen LogP contribution in [-0.4, -0.2) is 21.7 Å². The van der Waals surface area contributed by atoms with E-state index in [-0.39, 0.29) is 11.7 Å². The summed E-state index contributed by atoms with van der Waals surface area (Å²) in [5.74, 6) is 0.601. The molecular formula is C23H24N4O2. The van der Waals surface area contributed by atoms with E-state index >= 15 is 0 Å². The van der Waals surface area contributed by atoms with Gasteiger partial charge in [0.1, 0.15) is 5.82 Å². The van der Waals surface area contributed by atoms with Crippen molar-refractivity contribution in [3.63, 3.8) is 0 Å². The van der Waals surface area contributed by atoms with Gasteiger partial charge in [-0.25, -0.2) is 4.98 Å². The molecule has 0 bridgehead atoms. The fourth-order valence-electron chi connectivity index (χ4n) is 3.69. The molecule has 1 aliphatic carbocycles. The van der Waals surface area contributed by atoms with Crippen LogP contribution in [0.25, 0.3) is 11.3 Å². The number of hydrogen-bond acceptors (Lipinski definition) is 4. The van der Waals surface area contributed by atoms with Crippen LogP contribution in [0.2, 0.25) is 0 Å². The van der Waals surface area contributed by atoms with Crippen LogP contribution in [0.3, 0.4) is 0 Å². The van der Waals surface area contributed by atoms with Crippen molar-refractivity contribution in [3.05, 3.63) is 59.9 Å². The van der Waals surface area contributed by atoms with Gasteiger partial charge in [-0.05, 0) is 43.5 Å². The molecule has 3 aromatic rings. The van der Waals surface area contributed by atoms with Gasteiger partial charge in [0.05, 0.1) is 16.9 Å². The fourth-order valence-corrected chi connectivity index (χ4v) is 3.69. The molecule has 0 saturated heterocycles. The van der Waals surface area contributed by atoms with Crippen molar-refractivity contribution in [2.24, 2.45) is 0 Å². The van der Waals surface area contributed by atoms with Crippen molar-refractivity contribution in [2.45, 2.75) is 39.0 Å². The second-order valence-electron chi connectivity index (χ2n) is 7.22. The lowest BCUT2D eigenvalue weighted by Crippen LogP contribution is -2.11. The predicted molar refractivity (Wildman–Crippen MR) is 115 cm³/mol. The van der Waals surface area contributed by atoms with E-state index in [1.165, 1.54) is 0 Å². The summed E-state index contributed by atoms with van der Waals surface area (Å²) in [6.45, 7) is 1.96. The van der Waals surface area contributed by atoms with Gasteiger partial charge in [0.15, 0.2) is 5.78 Å². The quantitative estimate of drug-likeness (QED) is 0.550.